The average molecular weight is 155 g/mol. The molecule has 0 fully saturated rings. The Balaban J connectivity index is 2.78. The van der Waals surface area contributed by atoms with Gasteiger partial charge in [0.15, 0.2) is 6.33 Å². The van der Waals surface area contributed by atoms with E-state index in [-0.39, 0.29) is 11.5 Å². The Labute approximate surface area is 65.8 Å². The molecule has 2 N–H and O–H groups in total. The molecular formula is C7H13N3O. The highest BCUT2D eigenvalue weighted by molar-refractivity contribution is 4.91. The van der Waals surface area contributed by atoms with Gasteiger partial charge in [0, 0.05) is 0 Å². The highest BCUT2D eigenvalue weighted by atomic mass is 16.5. The third-order valence-electron chi connectivity index (χ3n) is 1.58. The molecule has 0 amide bonds. The second-order valence-corrected chi connectivity index (χ2v) is 3.62. The molecule has 0 aliphatic rings. The average Bonchev–Trinajstić information content (AvgIpc) is 2.34. The predicted octanol–water partition coefficient (Wildman–Crippen LogP) is 1.12. The molecule has 11 heavy (non-hydrogen) atoms. The van der Waals surface area contributed by atoms with Gasteiger partial charge in [-0.25, -0.2) is 0 Å². The van der Waals surface area contributed by atoms with Crippen molar-refractivity contribution in [2.75, 3.05) is 0 Å². The van der Waals surface area contributed by atoms with E-state index in [1.54, 1.807) is 0 Å². The summed E-state index contributed by atoms with van der Waals surface area (Å²) >= 11 is 0. The maximum absolute atomic E-state index is 5.82. The Morgan fingerprint density at radius 1 is 1.55 bits per heavy atom. The normalized spacial score (nSPS) is 14.9. The van der Waals surface area contributed by atoms with E-state index in [4.69, 9.17) is 10.3 Å². The summed E-state index contributed by atoms with van der Waals surface area (Å²) in [5.74, 6) is 0.498. The fourth-order valence-electron chi connectivity index (χ4n) is 0.689. The Morgan fingerprint density at radius 3 is 2.55 bits per heavy atom. The first-order chi connectivity index (χ1) is 5.02. The zero-order valence-electron chi connectivity index (χ0n) is 7.03. The van der Waals surface area contributed by atoms with Crippen molar-refractivity contribution < 1.29 is 4.52 Å². The van der Waals surface area contributed by atoms with Gasteiger partial charge >= 0.3 is 0 Å². The minimum absolute atomic E-state index is 0.0352. The first-order valence-electron chi connectivity index (χ1n) is 3.54. The Bertz CT molecular complexity index is 212. The van der Waals surface area contributed by atoms with Gasteiger partial charge in [-0.05, 0) is 5.41 Å². The van der Waals surface area contributed by atoms with Crippen LogP contribution < -0.4 is 5.73 Å². The molecule has 0 bridgehead atoms. The van der Waals surface area contributed by atoms with Gasteiger partial charge in [-0.3, -0.25) is 0 Å². The SMILES string of the molecule is CC(C)(C)[C@@H](N)c1ncno1. The molecule has 0 aromatic carbocycles. The molecule has 4 nitrogen and oxygen atoms in total. The summed E-state index contributed by atoms with van der Waals surface area (Å²) in [4.78, 5) is 3.88. The van der Waals surface area contributed by atoms with Crippen LogP contribution in [0.4, 0.5) is 0 Å². The van der Waals surface area contributed by atoms with Gasteiger partial charge in [-0.15, -0.1) is 0 Å². The van der Waals surface area contributed by atoms with E-state index in [0.717, 1.165) is 0 Å². The first kappa shape index (κ1) is 8.20. The number of nitrogens with two attached hydrogens (primary N) is 1. The van der Waals surface area contributed by atoms with Crippen LogP contribution in [0, 0.1) is 5.41 Å². The van der Waals surface area contributed by atoms with Gasteiger partial charge in [-0.1, -0.05) is 25.9 Å². The molecule has 0 aliphatic carbocycles. The van der Waals surface area contributed by atoms with Crippen molar-refractivity contribution in [2.24, 2.45) is 11.1 Å². The molecule has 0 spiro atoms. The monoisotopic (exact) mass is 155 g/mol. The molecule has 0 radical (unpaired) electrons. The summed E-state index contributed by atoms with van der Waals surface area (Å²) in [5.41, 5.74) is 5.79. The number of nitrogens with zero attached hydrogens (tertiary/aromatic N) is 2. The van der Waals surface area contributed by atoms with E-state index in [2.05, 4.69) is 10.1 Å². The van der Waals surface area contributed by atoms with E-state index in [0.29, 0.717) is 5.89 Å². The van der Waals surface area contributed by atoms with Gasteiger partial charge < -0.3 is 10.3 Å². The zero-order chi connectivity index (χ0) is 8.48. The van der Waals surface area contributed by atoms with Crippen molar-refractivity contribution in [2.45, 2.75) is 26.8 Å². The summed E-state index contributed by atoms with van der Waals surface area (Å²) in [6.45, 7) is 6.09. The van der Waals surface area contributed by atoms with Crippen LogP contribution in [0.5, 0.6) is 0 Å². The largest absolute Gasteiger partial charge is 0.338 e. The van der Waals surface area contributed by atoms with Crippen LogP contribution in [0.1, 0.15) is 32.7 Å². The number of hydrogen-bond acceptors (Lipinski definition) is 4. The van der Waals surface area contributed by atoms with Crippen molar-refractivity contribution in [1.29, 1.82) is 0 Å². The lowest BCUT2D eigenvalue weighted by atomic mass is 9.87. The van der Waals surface area contributed by atoms with Crippen LogP contribution in [0.15, 0.2) is 10.9 Å². The van der Waals surface area contributed by atoms with Crippen molar-refractivity contribution in [3.05, 3.63) is 12.2 Å². The quantitative estimate of drug-likeness (QED) is 0.659. The first-order valence-corrected chi connectivity index (χ1v) is 3.54. The Kier molecular flexibility index (Phi) is 1.95. The van der Waals surface area contributed by atoms with Crippen LogP contribution in [0.25, 0.3) is 0 Å². The predicted molar refractivity (Wildman–Crippen MR) is 40.7 cm³/mol. The molecule has 1 heterocycles. The molecule has 1 aromatic rings. The molecule has 0 aliphatic heterocycles. The summed E-state index contributed by atoms with van der Waals surface area (Å²) < 4.78 is 4.84. The Morgan fingerprint density at radius 2 is 2.18 bits per heavy atom. The van der Waals surface area contributed by atoms with Crippen LogP contribution in [-0.2, 0) is 0 Å². The summed E-state index contributed by atoms with van der Waals surface area (Å²) in [6, 6.07) is -0.190. The highest BCUT2D eigenvalue weighted by Gasteiger charge is 2.26. The minimum atomic E-state index is -0.190. The van der Waals surface area contributed by atoms with E-state index in [9.17, 15) is 0 Å². The number of hydrogen-bond donors (Lipinski definition) is 1. The molecule has 1 rings (SSSR count). The molecule has 1 atom stereocenters. The number of rotatable bonds is 1. The van der Waals surface area contributed by atoms with Crippen LogP contribution in [-0.4, -0.2) is 10.1 Å². The van der Waals surface area contributed by atoms with Gasteiger partial charge in [0.05, 0.1) is 6.04 Å². The topological polar surface area (TPSA) is 64.9 Å². The van der Waals surface area contributed by atoms with Crippen molar-refractivity contribution in [3.8, 4) is 0 Å². The summed E-state index contributed by atoms with van der Waals surface area (Å²) in [7, 11) is 0. The molecular weight excluding hydrogens is 142 g/mol. The molecule has 4 heteroatoms. The van der Waals surface area contributed by atoms with Crippen LogP contribution >= 0.6 is 0 Å². The van der Waals surface area contributed by atoms with Crippen molar-refractivity contribution in [3.63, 3.8) is 0 Å². The fourth-order valence-corrected chi connectivity index (χ4v) is 0.689. The number of aromatic nitrogens is 2. The Hall–Kier alpha value is -0.900. The van der Waals surface area contributed by atoms with E-state index in [1.165, 1.54) is 6.33 Å². The maximum atomic E-state index is 5.82. The van der Waals surface area contributed by atoms with Crippen LogP contribution in [0.2, 0.25) is 0 Å². The van der Waals surface area contributed by atoms with Gasteiger partial charge in [0.1, 0.15) is 0 Å². The smallest absolute Gasteiger partial charge is 0.243 e. The minimum Gasteiger partial charge on any atom is -0.338 e. The third-order valence-corrected chi connectivity index (χ3v) is 1.58. The van der Waals surface area contributed by atoms with E-state index >= 15 is 0 Å². The molecule has 0 unspecified atom stereocenters. The second kappa shape index (κ2) is 2.62. The lowest BCUT2D eigenvalue weighted by Crippen LogP contribution is -2.26. The lowest BCUT2D eigenvalue weighted by molar-refractivity contribution is 0.252. The summed E-state index contributed by atoms with van der Waals surface area (Å²) in [5, 5.41) is 3.49. The van der Waals surface area contributed by atoms with Gasteiger partial charge in [-0.2, -0.15) is 4.98 Å². The maximum Gasteiger partial charge on any atom is 0.243 e. The van der Waals surface area contributed by atoms with Gasteiger partial charge in [0.25, 0.3) is 0 Å². The van der Waals surface area contributed by atoms with E-state index < -0.39 is 0 Å². The van der Waals surface area contributed by atoms with Crippen molar-refractivity contribution >= 4 is 0 Å². The highest BCUT2D eigenvalue weighted by Crippen LogP contribution is 2.28. The lowest BCUT2D eigenvalue weighted by Gasteiger charge is -2.23. The second-order valence-electron chi connectivity index (χ2n) is 3.62. The molecule has 0 saturated heterocycles. The van der Waals surface area contributed by atoms with Crippen molar-refractivity contribution in [1.82, 2.24) is 10.1 Å². The zero-order valence-corrected chi connectivity index (χ0v) is 7.03. The molecule has 0 saturated carbocycles. The molecule has 62 valence electrons. The third kappa shape index (κ3) is 1.77. The molecule has 1 aromatic heterocycles. The van der Waals surface area contributed by atoms with E-state index in [1.807, 2.05) is 20.8 Å². The fraction of sp³-hybridized carbons (Fsp3) is 0.714. The summed E-state index contributed by atoms with van der Waals surface area (Å²) in [6.07, 6.45) is 1.36. The van der Waals surface area contributed by atoms with Gasteiger partial charge in [0.2, 0.25) is 5.89 Å². The van der Waals surface area contributed by atoms with Crippen LogP contribution in [0.3, 0.4) is 0 Å². The standard InChI is InChI=1S/C7H13N3O/c1-7(2,3)5(8)6-9-4-10-11-6/h4-5H,8H2,1-3H3/t5-/m0/s1.